The molecule has 0 bridgehead atoms. The number of rotatable bonds is 9. The van der Waals surface area contributed by atoms with Crippen molar-refractivity contribution in [2.45, 2.75) is 77.4 Å². The maximum Gasteiger partial charge on any atom is 0.407 e. The number of halogens is 2. The summed E-state index contributed by atoms with van der Waals surface area (Å²) in [6.07, 6.45) is 3.22. The van der Waals surface area contributed by atoms with Gasteiger partial charge in [-0.25, -0.2) is 9.78 Å². The van der Waals surface area contributed by atoms with Gasteiger partial charge in [0.05, 0.1) is 41.2 Å². The minimum absolute atomic E-state index is 0.0586. The Labute approximate surface area is 290 Å². The molecule has 2 aromatic carbocycles. The lowest BCUT2D eigenvalue weighted by molar-refractivity contribution is -0.186. The third-order valence-corrected chi connectivity index (χ3v) is 8.42. The van der Waals surface area contributed by atoms with Crippen molar-refractivity contribution in [1.29, 1.82) is 0 Å². The number of alkyl carbamates (subject to hydrolysis) is 1. The summed E-state index contributed by atoms with van der Waals surface area (Å²) in [5.41, 5.74) is 0.705. The van der Waals surface area contributed by atoms with Crippen LogP contribution in [-0.2, 0) is 20.8 Å². The number of benzene rings is 2. The van der Waals surface area contributed by atoms with E-state index < -0.39 is 29.3 Å². The second kappa shape index (κ2) is 15.1. The van der Waals surface area contributed by atoms with Crippen molar-refractivity contribution in [3.8, 4) is 5.75 Å². The number of pyridine rings is 1. The molecule has 48 heavy (non-hydrogen) atoms. The molecule has 5 rings (SSSR count). The predicted octanol–water partition coefficient (Wildman–Crippen LogP) is 7.40. The summed E-state index contributed by atoms with van der Waals surface area (Å²) in [4.78, 5) is 46.2. The quantitative estimate of drug-likeness (QED) is 0.237. The maximum atomic E-state index is 14.5. The van der Waals surface area contributed by atoms with Crippen LogP contribution < -0.4 is 20.3 Å². The fraction of sp³-hybridized carbons (Fsp3) is 0.429. The average Bonchev–Trinajstić information content (AvgIpc) is 3.50. The number of hydrogen-bond donors (Lipinski definition) is 2. The number of aromatic nitrogens is 1. The first-order chi connectivity index (χ1) is 22.9. The van der Waals surface area contributed by atoms with Crippen LogP contribution in [0.2, 0.25) is 10.0 Å². The number of carbonyl (C=O) groups is 3. The number of nitrogens with one attached hydrogen (secondary N) is 2. The summed E-state index contributed by atoms with van der Waals surface area (Å²) in [6, 6.07) is 13.1. The van der Waals surface area contributed by atoms with Gasteiger partial charge in [0.1, 0.15) is 17.2 Å². The highest BCUT2D eigenvalue weighted by Gasteiger charge is 2.41. The molecule has 1 saturated carbocycles. The van der Waals surface area contributed by atoms with E-state index in [1.165, 1.54) is 17.2 Å². The summed E-state index contributed by atoms with van der Waals surface area (Å²) in [5.74, 6) is -0.859. The predicted molar refractivity (Wildman–Crippen MR) is 183 cm³/mol. The minimum atomic E-state index is -0.683. The summed E-state index contributed by atoms with van der Waals surface area (Å²) >= 11 is 12.3. The molecule has 2 heterocycles. The van der Waals surface area contributed by atoms with E-state index in [-0.39, 0.29) is 36.1 Å². The van der Waals surface area contributed by atoms with Crippen LogP contribution in [0.5, 0.6) is 5.75 Å². The molecule has 0 radical (unpaired) electrons. The van der Waals surface area contributed by atoms with Gasteiger partial charge in [-0.2, -0.15) is 0 Å². The van der Waals surface area contributed by atoms with Crippen LogP contribution in [0.25, 0.3) is 0 Å². The van der Waals surface area contributed by atoms with E-state index in [2.05, 4.69) is 15.6 Å². The van der Waals surface area contributed by atoms with Crippen molar-refractivity contribution < 1.29 is 33.3 Å². The standard InChI is InChI=1S/C35H40Cl2N4O7/c1-5-41(28-11-9-23(36)19-27(28)31(42)40-29-12-10-24(37)21-38-29)32(43)26-8-6-7-22(20-39-33(44)48-34(2,3)4)30(26)47-25-13-15-35(16-14-25)45-17-18-46-35/h6-12,19,21,25H,5,13-18,20H2,1-4H3,(H,39,44)(H,38,40,42). The number of carbonyl (C=O) groups excluding carboxylic acids is 3. The first-order valence-corrected chi connectivity index (χ1v) is 16.7. The van der Waals surface area contributed by atoms with Gasteiger partial charge in [-0.3, -0.25) is 9.59 Å². The lowest BCUT2D eigenvalue weighted by Crippen LogP contribution is -2.39. The molecule has 0 unspecified atom stereocenters. The average molecular weight is 700 g/mol. The second-order valence-corrected chi connectivity index (χ2v) is 13.5. The fourth-order valence-corrected chi connectivity index (χ4v) is 6.03. The van der Waals surface area contributed by atoms with Crippen LogP contribution >= 0.6 is 23.2 Å². The summed E-state index contributed by atoms with van der Waals surface area (Å²) in [7, 11) is 0. The smallest absolute Gasteiger partial charge is 0.407 e. The third-order valence-electron chi connectivity index (χ3n) is 7.97. The van der Waals surface area contributed by atoms with E-state index >= 15 is 0 Å². The highest BCUT2D eigenvalue weighted by atomic mass is 35.5. The normalized spacial score (nSPS) is 16.0. The van der Waals surface area contributed by atoms with Gasteiger partial charge in [-0.1, -0.05) is 35.3 Å². The summed E-state index contributed by atoms with van der Waals surface area (Å²) < 4.78 is 23.8. The molecule has 3 amide bonds. The van der Waals surface area contributed by atoms with Crippen LogP contribution in [-0.4, -0.2) is 60.1 Å². The molecule has 1 aliphatic carbocycles. The maximum absolute atomic E-state index is 14.5. The zero-order chi connectivity index (χ0) is 34.5. The summed E-state index contributed by atoms with van der Waals surface area (Å²) in [6.45, 7) is 8.57. The van der Waals surface area contributed by atoms with E-state index in [9.17, 15) is 14.4 Å². The van der Waals surface area contributed by atoms with E-state index in [1.54, 1.807) is 63.2 Å². The Balaban J connectivity index is 1.45. The molecule has 1 spiro atoms. The van der Waals surface area contributed by atoms with Crippen molar-refractivity contribution in [1.82, 2.24) is 10.3 Å². The van der Waals surface area contributed by atoms with Gasteiger partial charge in [0.15, 0.2) is 5.79 Å². The van der Waals surface area contributed by atoms with E-state index in [4.69, 9.17) is 42.1 Å². The first kappa shape index (κ1) is 35.4. The van der Waals surface area contributed by atoms with Crippen molar-refractivity contribution in [3.05, 3.63) is 81.5 Å². The molecule has 11 nitrogen and oxygen atoms in total. The van der Waals surface area contributed by atoms with Crippen LogP contribution in [0.1, 0.15) is 79.7 Å². The van der Waals surface area contributed by atoms with Crippen molar-refractivity contribution in [2.75, 3.05) is 30.0 Å². The fourth-order valence-electron chi connectivity index (χ4n) is 5.74. The summed E-state index contributed by atoms with van der Waals surface area (Å²) in [5, 5.41) is 6.27. The Hall–Kier alpha value is -3.90. The van der Waals surface area contributed by atoms with Crippen LogP contribution in [0, 0.1) is 0 Å². The van der Waals surface area contributed by atoms with E-state index in [1.807, 2.05) is 6.92 Å². The number of ether oxygens (including phenoxy) is 4. The molecule has 2 aliphatic rings. The van der Waals surface area contributed by atoms with Crippen molar-refractivity contribution in [2.24, 2.45) is 0 Å². The molecule has 0 atom stereocenters. The number of nitrogens with zero attached hydrogens (tertiary/aromatic N) is 2. The molecule has 3 aromatic rings. The highest BCUT2D eigenvalue weighted by Crippen LogP contribution is 2.39. The van der Waals surface area contributed by atoms with Crippen LogP contribution in [0.3, 0.4) is 0 Å². The van der Waals surface area contributed by atoms with Gasteiger partial charge in [0, 0.05) is 42.7 Å². The molecule has 1 aliphatic heterocycles. The Bertz CT molecular complexity index is 1630. The second-order valence-electron chi connectivity index (χ2n) is 12.6. The zero-order valence-corrected chi connectivity index (χ0v) is 29.0. The van der Waals surface area contributed by atoms with Crippen molar-refractivity contribution in [3.63, 3.8) is 0 Å². The van der Waals surface area contributed by atoms with Crippen LogP contribution in [0.15, 0.2) is 54.7 Å². The topological polar surface area (TPSA) is 128 Å². The number of hydrogen-bond acceptors (Lipinski definition) is 8. The molecular weight excluding hydrogens is 659 g/mol. The molecule has 256 valence electrons. The van der Waals surface area contributed by atoms with E-state index in [0.29, 0.717) is 65.9 Å². The highest BCUT2D eigenvalue weighted by molar-refractivity contribution is 6.31. The Morgan fingerprint density at radius 3 is 2.35 bits per heavy atom. The molecule has 13 heteroatoms. The lowest BCUT2D eigenvalue weighted by atomic mass is 9.91. The molecule has 2 fully saturated rings. The Morgan fingerprint density at radius 1 is 1.00 bits per heavy atom. The number of para-hydroxylation sites is 1. The third kappa shape index (κ3) is 8.76. The largest absolute Gasteiger partial charge is 0.489 e. The zero-order valence-electron chi connectivity index (χ0n) is 27.4. The Morgan fingerprint density at radius 2 is 1.71 bits per heavy atom. The minimum Gasteiger partial charge on any atom is -0.489 e. The van der Waals surface area contributed by atoms with E-state index in [0.717, 1.165) is 0 Å². The molecule has 1 saturated heterocycles. The molecular formula is C35H40Cl2N4O7. The molecule has 1 aromatic heterocycles. The van der Waals surface area contributed by atoms with Crippen molar-refractivity contribution >= 4 is 52.6 Å². The van der Waals surface area contributed by atoms with Crippen LogP contribution in [0.4, 0.5) is 16.3 Å². The van der Waals surface area contributed by atoms with Gasteiger partial charge in [0.2, 0.25) is 0 Å². The van der Waals surface area contributed by atoms with Gasteiger partial charge >= 0.3 is 6.09 Å². The Kier molecular flexibility index (Phi) is 11.1. The number of amides is 3. The van der Waals surface area contributed by atoms with Gasteiger partial charge in [-0.05, 0) is 76.9 Å². The molecule has 2 N–H and O–H groups in total. The first-order valence-electron chi connectivity index (χ1n) is 15.9. The monoisotopic (exact) mass is 698 g/mol. The van der Waals surface area contributed by atoms with Gasteiger partial charge in [0.25, 0.3) is 11.8 Å². The lowest BCUT2D eigenvalue weighted by Gasteiger charge is -2.36. The SMILES string of the molecule is CCN(C(=O)c1cccc(CNC(=O)OC(C)(C)C)c1OC1CCC2(CC1)OCCO2)c1ccc(Cl)cc1C(=O)Nc1ccc(Cl)cn1. The van der Waals surface area contributed by atoms with Gasteiger partial charge in [-0.15, -0.1) is 0 Å². The van der Waals surface area contributed by atoms with Gasteiger partial charge < -0.3 is 34.5 Å². The number of anilines is 2.